The molecular weight excluding hydrogens is 204 g/mol. The van der Waals surface area contributed by atoms with E-state index in [0.717, 1.165) is 24.7 Å². The van der Waals surface area contributed by atoms with Crippen LogP contribution in [0.3, 0.4) is 0 Å². The number of carbonyl (C=O) groups excluding carboxylic acids is 1. The van der Waals surface area contributed by atoms with Crippen molar-refractivity contribution in [2.75, 3.05) is 36.9 Å². The minimum atomic E-state index is 0.118. The Balaban J connectivity index is 2.13. The maximum absolute atomic E-state index is 11.2. The highest BCUT2D eigenvalue weighted by Crippen LogP contribution is 2.14. The average Bonchev–Trinajstić information content (AvgIpc) is 2.54. The highest BCUT2D eigenvalue weighted by molar-refractivity contribution is 5.77. The van der Waals surface area contributed by atoms with Crippen LogP contribution in [0.4, 0.5) is 11.6 Å². The van der Waals surface area contributed by atoms with E-state index >= 15 is 0 Å². The minimum Gasteiger partial charge on any atom is -0.373 e. The predicted octanol–water partition coefficient (Wildman–Crippen LogP) is 0.450. The molecular formula is C11H16N4O. The molecule has 0 saturated carbocycles. The van der Waals surface area contributed by atoms with Crippen LogP contribution in [-0.4, -0.2) is 37.6 Å². The zero-order valence-electron chi connectivity index (χ0n) is 9.36. The van der Waals surface area contributed by atoms with E-state index in [2.05, 4.69) is 20.5 Å². The number of rotatable bonds is 2. The second-order valence-corrected chi connectivity index (χ2v) is 3.72. The Kier molecular flexibility index (Phi) is 3.24. The van der Waals surface area contributed by atoms with E-state index < -0.39 is 0 Å². The molecule has 0 aromatic carbocycles. The Labute approximate surface area is 94.9 Å². The van der Waals surface area contributed by atoms with Crippen LogP contribution in [-0.2, 0) is 4.79 Å². The average molecular weight is 220 g/mol. The number of hydrogen-bond acceptors (Lipinski definition) is 4. The smallest absolute Gasteiger partial charge is 0.221 e. The highest BCUT2D eigenvalue weighted by atomic mass is 16.1. The fourth-order valence-electron chi connectivity index (χ4n) is 1.73. The third-order valence-corrected chi connectivity index (χ3v) is 2.63. The van der Waals surface area contributed by atoms with Crippen molar-refractivity contribution in [3.05, 3.63) is 18.2 Å². The zero-order valence-corrected chi connectivity index (χ0v) is 9.36. The van der Waals surface area contributed by atoms with Gasteiger partial charge >= 0.3 is 0 Å². The summed E-state index contributed by atoms with van der Waals surface area (Å²) in [4.78, 5) is 17.8. The number of anilines is 2. The lowest BCUT2D eigenvalue weighted by Crippen LogP contribution is -2.29. The summed E-state index contributed by atoms with van der Waals surface area (Å²) in [6, 6.07) is 5.86. The lowest BCUT2D eigenvalue weighted by atomic mass is 10.3. The first kappa shape index (κ1) is 10.7. The molecule has 86 valence electrons. The highest BCUT2D eigenvalue weighted by Gasteiger charge is 2.14. The molecule has 1 aliphatic heterocycles. The van der Waals surface area contributed by atoms with Crippen LogP contribution in [0.15, 0.2) is 18.2 Å². The van der Waals surface area contributed by atoms with E-state index in [1.807, 2.05) is 25.2 Å². The lowest BCUT2D eigenvalue weighted by Gasteiger charge is -2.20. The van der Waals surface area contributed by atoms with E-state index in [1.165, 1.54) is 0 Å². The maximum atomic E-state index is 11.2. The molecule has 5 heteroatoms. The summed E-state index contributed by atoms with van der Waals surface area (Å²) < 4.78 is 0. The first-order valence-electron chi connectivity index (χ1n) is 5.46. The number of pyridine rings is 1. The van der Waals surface area contributed by atoms with Gasteiger partial charge in [-0.3, -0.25) is 4.79 Å². The van der Waals surface area contributed by atoms with Gasteiger partial charge in [0.1, 0.15) is 11.6 Å². The Morgan fingerprint density at radius 1 is 1.44 bits per heavy atom. The number of amides is 1. The van der Waals surface area contributed by atoms with Crippen molar-refractivity contribution in [1.29, 1.82) is 0 Å². The monoisotopic (exact) mass is 220 g/mol. The van der Waals surface area contributed by atoms with Crippen molar-refractivity contribution in [3.63, 3.8) is 0 Å². The minimum absolute atomic E-state index is 0.118. The molecule has 16 heavy (non-hydrogen) atoms. The van der Waals surface area contributed by atoms with Gasteiger partial charge in [-0.25, -0.2) is 4.98 Å². The summed E-state index contributed by atoms with van der Waals surface area (Å²) in [6.07, 6.45) is 0.533. The quantitative estimate of drug-likeness (QED) is 0.759. The summed E-state index contributed by atoms with van der Waals surface area (Å²) in [7, 11) is 1.85. The van der Waals surface area contributed by atoms with Crippen LogP contribution >= 0.6 is 0 Å². The Hall–Kier alpha value is -1.78. The molecule has 0 radical (unpaired) electrons. The van der Waals surface area contributed by atoms with E-state index in [-0.39, 0.29) is 5.91 Å². The van der Waals surface area contributed by atoms with Gasteiger partial charge in [-0.2, -0.15) is 0 Å². The molecule has 1 aromatic rings. The van der Waals surface area contributed by atoms with Crippen molar-refractivity contribution in [1.82, 2.24) is 10.3 Å². The van der Waals surface area contributed by atoms with Crippen molar-refractivity contribution in [3.8, 4) is 0 Å². The van der Waals surface area contributed by atoms with E-state index in [4.69, 9.17) is 0 Å². The van der Waals surface area contributed by atoms with E-state index in [9.17, 15) is 4.79 Å². The van der Waals surface area contributed by atoms with E-state index in [1.54, 1.807) is 0 Å². The first-order chi connectivity index (χ1) is 7.79. The number of aromatic nitrogens is 1. The summed E-state index contributed by atoms with van der Waals surface area (Å²) in [5, 5.41) is 5.86. The predicted molar refractivity (Wildman–Crippen MR) is 63.6 cm³/mol. The molecule has 1 aromatic heterocycles. The zero-order chi connectivity index (χ0) is 11.4. The Bertz CT molecular complexity index is 380. The standard InChI is InChI=1S/C11H16N4O/c1-12-9-3-2-4-10(14-9)15-7-5-11(16)13-6-8-15/h2-4H,5-8H2,1H3,(H,12,14)(H,13,16). The molecule has 0 bridgehead atoms. The van der Waals surface area contributed by atoms with Gasteiger partial charge in [0.2, 0.25) is 5.91 Å². The Morgan fingerprint density at radius 3 is 3.12 bits per heavy atom. The summed E-state index contributed by atoms with van der Waals surface area (Å²) in [5.74, 6) is 1.89. The summed E-state index contributed by atoms with van der Waals surface area (Å²) >= 11 is 0. The van der Waals surface area contributed by atoms with Crippen LogP contribution in [0.5, 0.6) is 0 Å². The number of hydrogen-bond donors (Lipinski definition) is 2. The van der Waals surface area contributed by atoms with Crippen molar-refractivity contribution >= 4 is 17.5 Å². The topological polar surface area (TPSA) is 57.3 Å². The van der Waals surface area contributed by atoms with Gasteiger partial charge in [0, 0.05) is 33.1 Å². The molecule has 1 amide bonds. The van der Waals surface area contributed by atoms with Crippen LogP contribution in [0.25, 0.3) is 0 Å². The molecule has 1 aliphatic rings. The molecule has 0 atom stereocenters. The second-order valence-electron chi connectivity index (χ2n) is 3.72. The van der Waals surface area contributed by atoms with Gasteiger partial charge in [0.15, 0.2) is 0 Å². The SMILES string of the molecule is CNc1cccc(N2CCNC(=O)CC2)n1. The summed E-state index contributed by atoms with van der Waals surface area (Å²) in [5.41, 5.74) is 0. The molecule has 0 spiro atoms. The van der Waals surface area contributed by atoms with Crippen LogP contribution in [0, 0.1) is 0 Å². The van der Waals surface area contributed by atoms with Crippen LogP contribution in [0.2, 0.25) is 0 Å². The lowest BCUT2D eigenvalue weighted by molar-refractivity contribution is -0.120. The van der Waals surface area contributed by atoms with Gasteiger partial charge in [0.25, 0.3) is 0 Å². The van der Waals surface area contributed by atoms with E-state index in [0.29, 0.717) is 13.0 Å². The van der Waals surface area contributed by atoms with Gasteiger partial charge < -0.3 is 15.5 Å². The van der Waals surface area contributed by atoms with Gasteiger partial charge in [-0.1, -0.05) is 6.07 Å². The van der Waals surface area contributed by atoms with Crippen molar-refractivity contribution in [2.45, 2.75) is 6.42 Å². The molecule has 0 aliphatic carbocycles. The van der Waals surface area contributed by atoms with Crippen molar-refractivity contribution in [2.24, 2.45) is 0 Å². The van der Waals surface area contributed by atoms with Gasteiger partial charge in [-0.15, -0.1) is 0 Å². The fourth-order valence-corrected chi connectivity index (χ4v) is 1.73. The summed E-state index contributed by atoms with van der Waals surface area (Å²) in [6.45, 7) is 2.22. The molecule has 1 fully saturated rings. The van der Waals surface area contributed by atoms with Crippen LogP contribution < -0.4 is 15.5 Å². The number of nitrogens with one attached hydrogen (secondary N) is 2. The Morgan fingerprint density at radius 2 is 2.31 bits per heavy atom. The number of nitrogens with zero attached hydrogens (tertiary/aromatic N) is 2. The largest absolute Gasteiger partial charge is 0.373 e. The molecule has 1 saturated heterocycles. The third-order valence-electron chi connectivity index (χ3n) is 2.63. The molecule has 2 heterocycles. The first-order valence-corrected chi connectivity index (χ1v) is 5.46. The molecule has 2 rings (SSSR count). The third kappa shape index (κ3) is 2.42. The normalized spacial score (nSPS) is 16.6. The number of carbonyl (C=O) groups is 1. The maximum Gasteiger partial charge on any atom is 0.221 e. The van der Waals surface area contributed by atoms with Gasteiger partial charge in [0.05, 0.1) is 0 Å². The van der Waals surface area contributed by atoms with Gasteiger partial charge in [-0.05, 0) is 12.1 Å². The van der Waals surface area contributed by atoms with Crippen LogP contribution in [0.1, 0.15) is 6.42 Å². The molecule has 2 N–H and O–H groups in total. The molecule has 5 nitrogen and oxygen atoms in total. The van der Waals surface area contributed by atoms with Crippen molar-refractivity contribution < 1.29 is 4.79 Å². The molecule has 0 unspecified atom stereocenters. The fraction of sp³-hybridized carbons (Fsp3) is 0.455. The second kappa shape index (κ2) is 4.83.